The summed E-state index contributed by atoms with van der Waals surface area (Å²) >= 11 is 0. The number of aromatic nitrogens is 2. The molecule has 3 saturated carbocycles. The highest BCUT2D eigenvalue weighted by atomic mass is 32.2. The van der Waals surface area contributed by atoms with Crippen molar-refractivity contribution >= 4 is 44.9 Å². The minimum absolute atomic E-state index is 0.0396. The molecule has 8 rings (SSSR count). The monoisotopic (exact) mass is 830 g/mol. The van der Waals surface area contributed by atoms with Crippen LogP contribution in [0, 0.1) is 11.8 Å². The first-order valence-electron chi connectivity index (χ1n) is 19.6. The van der Waals surface area contributed by atoms with Crippen molar-refractivity contribution < 1.29 is 55.0 Å². The van der Waals surface area contributed by atoms with Gasteiger partial charge in [-0.15, -0.1) is 0 Å². The molecule has 7 atom stereocenters. The quantitative estimate of drug-likeness (QED) is 0.323. The van der Waals surface area contributed by atoms with Crippen molar-refractivity contribution in [3.05, 3.63) is 47.7 Å². The standard InChI is InChI=1S/C39H45F3N6O9S/c1-37(12-13-37)58(53,54)47-35(51)38-19-23(38)8-6-4-3-5-7-9-28(45-36(52)57-25-15-21-14-22(21)16-25)34(50)48-20-26(18-30(48)32(49)46-38)56-33-31(39(40,41)42)43-27-11-10-24(55-2)17-29(27)44-33/h6,8,10-11,15,17,22-23,25-26,28,30H,3-5,7,9,12-14,16,18-20H2,1-2H3,(H,45,52)(H,46,49)(H,47,51)/b8-6-/t22-,23?,25-,26-,28+,30+,38-/m1/s1. The molecule has 0 radical (unpaired) electrons. The third-order valence-corrected chi connectivity index (χ3v) is 14.3. The van der Waals surface area contributed by atoms with Crippen molar-refractivity contribution in [2.75, 3.05) is 13.7 Å². The fraction of sp³-hybridized carbons (Fsp3) is 0.590. The van der Waals surface area contributed by atoms with Gasteiger partial charge in [0.05, 0.1) is 29.4 Å². The van der Waals surface area contributed by atoms with Crippen molar-refractivity contribution in [2.45, 2.75) is 118 Å². The molecule has 1 aromatic heterocycles. The van der Waals surface area contributed by atoms with Crippen LogP contribution in [0.5, 0.6) is 11.6 Å². The molecule has 19 heteroatoms. The van der Waals surface area contributed by atoms with E-state index in [1.54, 1.807) is 6.08 Å². The van der Waals surface area contributed by atoms with Crippen molar-refractivity contribution in [1.29, 1.82) is 0 Å². The number of ether oxygens (including phenoxy) is 3. The van der Waals surface area contributed by atoms with Crippen molar-refractivity contribution in [2.24, 2.45) is 11.8 Å². The number of carbonyl (C=O) groups is 4. The molecule has 3 N–H and O–H groups in total. The van der Waals surface area contributed by atoms with Crippen LogP contribution in [-0.2, 0) is 35.3 Å². The van der Waals surface area contributed by atoms with E-state index in [4.69, 9.17) is 14.2 Å². The molecule has 3 heterocycles. The van der Waals surface area contributed by atoms with Gasteiger partial charge >= 0.3 is 12.3 Å². The minimum atomic E-state index is -5.00. The van der Waals surface area contributed by atoms with Crippen LogP contribution >= 0.6 is 0 Å². The number of fused-ring (bicyclic) bond motifs is 4. The van der Waals surface area contributed by atoms with Crippen molar-refractivity contribution in [3.8, 4) is 11.6 Å². The molecule has 1 saturated heterocycles. The van der Waals surface area contributed by atoms with Crippen LogP contribution in [0.4, 0.5) is 18.0 Å². The number of nitrogens with one attached hydrogen (secondary N) is 3. The van der Waals surface area contributed by atoms with Gasteiger partial charge in [0, 0.05) is 18.4 Å². The normalized spacial score (nSPS) is 30.9. The predicted molar refractivity (Wildman–Crippen MR) is 200 cm³/mol. The molecule has 312 valence electrons. The Bertz CT molecular complexity index is 2210. The summed E-state index contributed by atoms with van der Waals surface area (Å²) in [6, 6.07) is 1.56. The molecule has 1 unspecified atom stereocenters. The van der Waals surface area contributed by atoms with Crippen LogP contribution in [0.1, 0.15) is 83.2 Å². The third-order valence-electron chi connectivity index (χ3n) is 12.2. The van der Waals surface area contributed by atoms with E-state index in [1.807, 2.05) is 12.2 Å². The first-order chi connectivity index (χ1) is 27.5. The lowest BCUT2D eigenvalue weighted by molar-refractivity contribution is -0.143. The molecule has 15 nitrogen and oxygen atoms in total. The Morgan fingerprint density at radius 1 is 1.07 bits per heavy atom. The number of rotatable bonds is 8. The van der Waals surface area contributed by atoms with Crippen LogP contribution in [0.3, 0.4) is 0 Å². The van der Waals surface area contributed by atoms with E-state index in [0.717, 1.165) is 11.3 Å². The molecule has 4 fully saturated rings. The number of methoxy groups -OCH3 is 1. The summed E-state index contributed by atoms with van der Waals surface area (Å²) < 4.78 is 87.3. The van der Waals surface area contributed by atoms with Gasteiger partial charge in [0.1, 0.15) is 35.6 Å². The molecule has 1 aromatic carbocycles. The van der Waals surface area contributed by atoms with Gasteiger partial charge in [0.15, 0.2) is 0 Å². The van der Waals surface area contributed by atoms with Gasteiger partial charge in [-0.25, -0.2) is 23.2 Å². The van der Waals surface area contributed by atoms with Crippen molar-refractivity contribution in [1.82, 2.24) is 30.2 Å². The van der Waals surface area contributed by atoms with Crippen LogP contribution in [-0.4, -0.2) is 95.3 Å². The Labute approximate surface area is 332 Å². The van der Waals surface area contributed by atoms with Crippen molar-refractivity contribution in [3.63, 3.8) is 0 Å². The van der Waals surface area contributed by atoms with Gasteiger partial charge in [-0.3, -0.25) is 19.1 Å². The van der Waals surface area contributed by atoms with E-state index in [-0.39, 0.29) is 30.3 Å². The van der Waals surface area contributed by atoms with Gasteiger partial charge in [0.25, 0.3) is 5.91 Å². The summed E-state index contributed by atoms with van der Waals surface area (Å²) in [5.74, 6) is -3.21. The topological polar surface area (TPSA) is 195 Å². The van der Waals surface area contributed by atoms with E-state index < -0.39 is 98.6 Å². The second-order valence-corrected chi connectivity index (χ2v) is 18.6. The number of alkyl halides is 3. The number of sulfonamides is 1. The molecule has 0 spiro atoms. The van der Waals surface area contributed by atoms with Gasteiger partial charge in [-0.05, 0) is 82.4 Å². The van der Waals surface area contributed by atoms with Gasteiger partial charge in [-0.2, -0.15) is 13.2 Å². The summed E-state index contributed by atoms with van der Waals surface area (Å²) in [4.78, 5) is 65.0. The number of amides is 4. The number of benzene rings is 1. The number of nitrogens with zero attached hydrogens (tertiary/aromatic N) is 3. The maximum absolute atomic E-state index is 14.5. The Morgan fingerprint density at radius 2 is 1.86 bits per heavy atom. The summed E-state index contributed by atoms with van der Waals surface area (Å²) in [7, 11) is -2.71. The fourth-order valence-corrected chi connectivity index (χ4v) is 9.48. The maximum Gasteiger partial charge on any atom is 0.438 e. The van der Waals surface area contributed by atoms with Crippen LogP contribution in [0.2, 0.25) is 0 Å². The first-order valence-corrected chi connectivity index (χ1v) is 21.1. The molecule has 6 aliphatic rings. The zero-order valence-corrected chi connectivity index (χ0v) is 32.8. The number of hydrogen-bond donors (Lipinski definition) is 3. The SMILES string of the molecule is COc1ccc2nc(C(F)(F)F)c(O[C@@H]3C[C@H]4C(=O)N[C@]5(C(=O)NS(=O)(=O)C6(C)CC6)CC5/C=C\CCCCC[C@H](NC(=O)O[C@@H]5C=C6C[C@@H]6C5)C(=O)N4C3)nc2c1. The number of halogens is 3. The molecule has 4 aliphatic carbocycles. The molecule has 0 bridgehead atoms. The molecular weight excluding hydrogens is 786 g/mol. The van der Waals surface area contributed by atoms with E-state index >= 15 is 0 Å². The highest BCUT2D eigenvalue weighted by molar-refractivity contribution is 7.91. The summed E-state index contributed by atoms with van der Waals surface area (Å²) in [6.45, 7) is 1.13. The molecular formula is C39H45F3N6O9S. The Balaban J connectivity index is 1.10. The van der Waals surface area contributed by atoms with E-state index in [0.29, 0.717) is 56.6 Å². The average Bonchev–Trinajstić information content (AvgIpc) is 4.12. The maximum atomic E-state index is 14.5. The second-order valence-electron chi connectivity index (χ2n) is 16.5. The lowest BCUT2D eigenvalue weighted by atomic mass is 10.0. The van der Waals surface area contributed by atoms with E-state index in [9.17, 15) is 40.8 Å². The molecule has 2 aromatic rings. The Kier molecular flexibility index (Phi) is 10.1. The summed E-state index contributed by atoms with van der Waals surface area (Å²) in [5.41, 5.74) is -1.90. The lowest BCUT2D eigenvalue weighted by Gasteiger charge is -2.30. The van der Waals surface area contributed by atoms with Crippen LogP contribution in [0.25, 0.3) is 11.0 Å². The second kappa shape index (κ2) is 14.7. The highest BCUT2D eigenvalue weighted by Crippen LogP contribution is 2.49. The Hall–Kier alpha value is -4.94. The summed E-state index contributed by atoms with van der Waals surface area (Å²) in [5, 5.41) is 5.41. The minimum Gasteiger partial charge on any atom is -0.497 e. The lowest BCUT2D eigenvalue weighted by Crippen LogP contribution is -2.58. The number of allylic oxidation sites excluding steroid dienone is 2. The number of carbonyl (C=O) groups excluding carboxylic acids is 4. The average molecular weight is 831 g/mol. The molecule has 4 amide bonds. The van der Waals surface area contributed by atoms with Gasteiger partial charge < -0.3 is 29.7 Å². The van der Waals surface area contributed by atoms with Gasteiger partial charge in [-0.1, -0.05) is 30.6 Å². The third kappa shape index (κ3) is 7.93. The Morgan fingerprint density at radius 3 is 2.57 bits per heavy atom. The highest BCUT2D eigenvalue weighted by Gasteiger charge is 2.63. The van der Waals surface area contributed by atoms with Crippen LogP contribution in [0.15, 0.2) is 42.0 Å². The molecule has 2 aliphatic heterocycles. The number of hydrogen-bond acceptors (Lipinski definition) is 11. The molecule has 58 heavy (non-hydrogen) atoms. The largest absolute Gasteiger partial charge is 0.497 e. The van der Waals surface area contributed by atoms with Crippen LogP contribution < -0.4 is 24.8 Å². The first kappa shape index (κ1) is 39.9. The number of alkyl carbamates (subject to hydrolysis) is 1. The predicted octanol–water partition coefficient (Wildman–Crippen LogP) is 4.21. The smallest absolute Gasteiger partial charge is 0.438 e. The zero-order valence-electron chi connectivity index (χ0n) is 32.0. The van der Waals surface area contributed by atoms with E-state index in [2.05, 4.69) is 25.3 Å². The fourth-order valence-electron chi connectivity index (χ4n) is 8.16. The zero-order chi connectivity index (χ0) is 41.2. The summed E-state index contributed by atoms with van der Waals surface area (Å²) in [6.07, 6.45) is 2.78. The van der Waals surface area contributed by atoms with E-state index in [1.165, 1.54) is 37.8 Å². The van der Waals surface area contributed by atoms with Gasteiger partial charge in [0.2, 0.25) is 33.4 Å².